The van der Waals surface area contributed by atoms with Crippen LogP contribution in [0.25, 0.3) is 0 Å². The van der Waals surface area contributed by atoms with Gasteiger partial charge in [-0.05, 0) is 37.0 Å². The summed E-state index contributed by atoms with van der Waals surface area (Å²) < 4.78 is 0. The molecule has 0 fully saturated rings. The van der Waals surface area contributed by atoms with Gasteiger partial charge in [-0.15, -0.1) is 0 Å². The molecule has 1 atom stereocenters. The van der Waals surface area contributed by atoms with Crippen molar-refractivity contribution >= 4 is 5.91 Å². The molecule has 2 aromatic carbocycles. The lowest BCUT2D eigenvalue weighted by atomic mass is 9.96. The van der Waals surface area contributed by atoms with Crippen LogP contribution in [0.1, 0.15) is 47.8 Å². The smallest absolute Gasteiger partial charge is 0.251 e. The summed E-state index contributed by atoms with van der Waals surface area (Å²) in [7, 11) is 0. The van der Waals surface area contributed by atoms with Gasteiger partial charge in [-0.2, -0.15) is 0 Å². The fourth-order valence-corrected chi connectivity index (χ4v) is 2.46. The first-order valence-corrected chi connectivity index (χ1v) is 7.48. The zero-order chi connectivity index (χ0) is 15.2. The molecule has 0 aliphatic rings. The normalized spacial score (nSPS) is 12.2. The highest BCUT2D eigenvalue weighted by molar-refractivity contribution is 5.94. The summed E-state index contributed by atoms with van der Waals surface area (Å²) in [6.07, 6.45) is 0.932. The zero-order valence-electron chi connectivity index (χ0n) is 13.0. The quantitative estimate of drug-likeness (QED) is 0.858. The van der Waals surface area contributed by atoms with E-state index in [2.05, 4.69) is 31.3 Å². The Balaban J connectivity index is 2.17. The number of aryl methyl sites for hydroxylation is 1. The molecule has 0 unspecified atom stereocenters. The summed E-state index contributed by atoms with van der Waals surface area (Å²) in [5, 5.41) is 3.17. The van der Waals surface area contributed by atoms with Crippen LogP contribution in [0.2, 0.25) is 0 Å². The van der Waals surface area contributed by atoms with Crippen LogP contribution in [0.15, 0.2) is 54.6 Å². The summed E-state index contributed by atoms with van der Waals surface area (Å²) in [6, 6.07) is 17.9. The van der Waals surface area contributed by atoms with Crippen LogP contribution >= 0.6 is 0 Å². The maximum Gasteiger partial charge on any atom is 0.251 e. The van der Waals surface area contributed by atoms with Crippen molar-refractivity contribution in [3.05, 3.63) is 71.3 Å². The lowest BCUT2D eigenvalue weighted by Gasteiger charge is -2.21. The number of hydrogen-bond donors (Lipinski definition) is 1. The van der Waals surface area contributed by atoms with Crippen molar-refractivity contribution in [2.45, 2.75) is 33.2 Å². The van der Waals surface area contributed by atoms with Crippen molar-refractivity contribution in [3.8, 4) is 0 Å². The second-order valence-electron chi connectivity index (χ2n) is 5.94. The molecule has 2 nitrogen and oxygen atoms in total. The van der Waals surface area contributed by atoms with Crippen molar-refractivity contribution in [2.75, 3.05) is 0 Å². The van der Waals surface area contributed by atoms with Gasteiger partial charge in [0.05, 0.1) is 6.04 Å². The van der Waals surface area contributed by atoms with E-state index in [1.54, 1.807) is 0 Å². The average Bonchev–Trinajstić information content (AvgIpc) is 2.47. The van der Waals surface area contributed by atoms with Crippen LogP contribution in [0.3, 0.4) is 0 Å². The van der Waals surface area contributed by atoms with Gasteiger partial charge in [-0.1, -0.05) is 61.9 Å². The summed E-state index contributed by atoms with van der Waals surface area (Å²) in [4.78, 5) is 12.5. The van der Waals surface area contributed by atoms with Crippen molar-refractivity contribution in [1.82, 2.24) is 5.32 Å². The fraction of sp³-hybridized carbons (Fsp3) is 0.316. The summed E-state index contributed by atoms with van der Waals surface area (Å²) >= 11 is 0. The van der Waals surface area contributed by atoms with Gasteiger partial charge in [-0.3, -0.25) is 4.79 Å². The Morgan fingerprint density at radius 3 is 2.38 bits per heavy atom. The molecule has 21 heavy (non-hydrogen) atoms. The van der Waals surface area contributed by atoms with Crippen molar-refractivity contribution in [3.63, 3.8) is 0 Å². The van der Waals surface area contributed by atoms with Gasteiger partial charge >= 0.3 is 0 Å². The van der Waals surface area contributed by atoms with E-state index in [-0.39, 0.29) is 11.9 Å². The maximum absolute atomic E-state index is 12.5. The molecule has 0 saturated heterocycles. The van der Waals surface area contributed by atoms with Gasteiger partial charge < -0.3 is 5.32 Å². The number of nitrogens with one attached hydrogen (secondary N) is 1. The first kappa shape index (κ1) is 15.3. The minimum Gasteiger partial charge on any atom is -0.345 e. The number of rotatable bonds is 5. The van der Waals surface area contributed by atoms with Crippen LogP contribution in [0.5, 0.6) is 0 Å². The predicted molar refractivity (Wildman–Crippen MR) is 87.3 cm³/mol. The van der Waals surface area contributed by atoms with E-state index in [4.69, 9.17) is 0 Å². The maximum atomic E-state index is 12.5. The first-order valence-electron chi connectivity index (χ1n) is 7.48. The van der Waals surface area contributed by atoms with Gasteiger partial charge in [0.25, 0.3) is 5.91 Å². The highest BCUT2D eigenvalue weighted by atomic mass is 16.1. The SMILES string of the molecule is Cc1cccc(C(=O)N[C@H](CC(C)C)c2ccccc2)c1. The van der Waals surface area contributed by atoms with Crippen molar-refractivity contribution in [1.29, 1.82) is 0 Å². The Bertz CT molecular complexity index is 590. The van der Waals surface area contributed by atoms with Crippen LogP contribution < -0.4 is 5.32 Å². The zero-order valence-corrected chi connectivity index (χ0v) is 13.0. The van der Waals surface area contributed by atoms with Crippen LogP contribution in [0, 0.1) is 12.8 Å². The molecule has 0 saturated carbocycles. The van der Waals surface area contributed by atoms with Crippen molar-refractivity contribution in [2.24, 2.45) is 5.92 Å². The summed E-state index contributed by atoms with van der Waals surface area (Å²) in [6.45, 7) is 6.35. The van der Waals surface area contributed by atoms with Crippen molar-refractivity contribution < 1.29 is 4.79 Å². The summed E-state index contributed by atoms with van der Waals surface area (Å²) in [5.41, 5.74) is 2.98. The van der Waals surface area contributed by atoms with Gasteiger partial charge in [0.1, 0.15) is 0 Å². The summed E-state index contributed by atoms with van der Waals surface area (Å²) in [5.74, 6) is 0.515. The minimum atomic E-state index is -0.00629. The molecule has 2 heteroatoms. The minimum absolute atomic E-state index is 0.00629. The van der Waals surface area contributed by atoms with Gasteiger partial charge in [0.2, 0.25) is 0 Å². The molecule has 0 aliphatic carbocycles. The van der Waals surface area contributed by atoms with Gasteiger partial charge in [-0.25, -0.2) is 0 Å². The molecule has 2 rings (SSSR count). The van der Waals surface area contributed by atoms with E-state index in [1.165, 1.54) is 0 Å². The molecular formula is C19H23NO. The van der Waals surface area contributed by atoms with Crippen LogP contribution in [-0.4, -0.2) is 5.91 Å². The standard InChI is InChI=1S/C19H23NO/c1-14(2)12-18(16-9-5-4-6-10-16)20-19(21)17-11-7-8-15(3)13-17/h4-11,13-14,18H,12H2,1-3H3,(H,20,21)/t18-/m1/s1. The molecule has 0 bridgehead atoms. The Hall–Kier alpha value is -2.09. The molecule has 0 spiro atoms. The van der Waals surface area contributed by atoms with Gasteiger partial charge in [0, 0.05) is 5.56 Å². The molecular weight excluding hydrogens is 258 g/mol. The molecule has 0 heterocycles. The molecule has 1 N–H and O–H groups in total. The van der Waals surface area contributed by atoms with Crippen LogP contribution in [-0.2, 0) is 0 Å². The Labute approximate surface area is 127 Å². The third kappa shape index (κ3) is 4.45. The number of hydrogen-bond acceptors (Lipinski definition) is 1. The Morgan fingerprint density at radius 1 is 1.05 bits per heavy atom. The largest absolute Gasteiger partial charge is 0.345 e. The molecule has 110 valence electrons. The molecule has 0 aromatic heterocycles. The topological polar surface area (TPSA) is 29.1 Å². The van der Waals surface area contributed by atoms with Crippen LogP contribution in [0.4, 0.5) is 0 Å². The monoisotopic (exact) mass is 281 g/mol. The second kappa shape index (κ2) is 7.07. The third-order valence-corrected chi connectivity index (χ3v) is 3.49. The number of benzene rings is 2. The lowest BCUT2D eigenvalue weighted by Crippen LogP contribution is -2.29. The Morgan fingerprint density at radius 2 is 1.76 bits per heavy atom. The highest BCUT2D eigenvalue weighted by Crippen LogP contribution is 2.21. The van der Waals surface area contributed by atoms with E-state index >= 15 is 0 Å². The molecule has 1 amide bonds. The highest BCUT2D eigenvalue weighted by Gasteiger charge is 2.16. The van der Waals surface area contributed by atoms with Gasteiger partial charge in [0.15, 0.2) is 0 Å². The van der Waals surface area contributed by atoms with E-state index in [9.17, 15) is 4.79 Å². The fourth-order valence-electron chi connectivity index (χ4n) is 2.46. The number of carbonyl (C=O) groups excluding carboxylic acids is 1. The molecule has 2 aromatic rings. The van der Waals surface area contributed by atoms with E-state index in [1.807, 2.05) is 49.4 Å². The van der Waals surface area contributed by atoms with E-state index in [0.29, 0.717) is 5.92 Å². The van der Waals surface area contributed by atoms with E-state index < -0.39 is 0 Å². The number of carbonyl (C=O) groups is 1. The number of amides is 1. The third-order valence-electron chi connectivity index (χ3n) is 3.49. The molecule has 0 radical (unpaired) electrons. The second-order valence-corrected chi connectivity index (χ2v) is 5.94. The average molecular weight is 281 g/mol. The molecule has 0 aliphatic heterocycles. The predicted octanol–water partition coefficient (Wildman–Crippen LogP) is 4.51. The lowest BCUT2D eigenvalue weighted by molar-refractivity contribution is 0.0932. The first-order chi connectivity index (χ1) is 10.1. The Kier molecular flexibility index (Phi) is 5.15. The van der Waals surface area contributed by atoms with E-state index in [0.717, 1.165) is 23.1 Å².